The van der Waals surface area contributed by atoms with Crippen LogP contribution in [-0.2, 0) is 10.8 Å². The minimum Gasteiger partial charge on any atom is -0.291 e. The first-order valence-corrected chi connectivity index (χ1v) is 13.3. The summed E-state index contributed by atoms with van der Waals surface area (Å²) in [5.74, 6) is -0.0206. The normalized spacial score (nSPS) is 30.8. The zero-order chi connectivity index (χ0) is 24.8. The summed E-state index contributed by atoms with van der Waals surface area (Å²) in [5.41, 5.74) is 2.35. The van der Waals surface area contributed by atoms with Gasteiger partial charge in [0.15, 0.2) is 17.1 Å². The van der Waals surface area contributed by atoms with Crippen LogP contribution >= 0.6 is 0 Å². The molecule has 2 heterocycles. The average molecular weight is 482 g/mol. The van der Waals surface area contributed by atoms with Crippen LogP contribution in [0.3, 0.4) is 0 Å². The molecule has 0 radical (unpaired) electrons. The number of nitrogens with zero attached hydrogens (tertiary/aromatic N) is 1. The molecule has 0 amide bonds. The monoisotopic (exact) mass is 481 g/mol. The van der Waals surface area contributed by atoms with Gasteiger partial charge in [-0.3, -0.25) is 14.5 Å². The number of carbonyl (C=O) groups is 2. The lowest BCUT2D eigenvalue weighted by atomic mass is 9.67. The van der Waals surface area contributed by atoms with Gasteiger partial charge in [0, 0.05) is 33.9 Å². The maximum Gasteiger partial charge on any atom is 0.192 e. The minimum absolute atomic E-state index is 0.00700. The van der Waals surface area contributed by atoms with Crippen molar-refractivity contribution >= 4 is 11.6 Å². The van der Waals surface area contributed by atoms with Gasteiger partial charge in [-0.15, -0.1) is 0 Å². The van der Waals surface area contributed by atoms with E-state index in [1.807, 2.05) is 36.4 Å². The topological polar surface area (TPSA) is 37.4 Å². The maximum atomic E-state index is 14.9. The van der Waals surface area contributed by atoms with Crippen LogP contribution in [-0.4, -0.2) is 34.6 Å². The number of Topliss-reactive ketones (excluding diaryl/α,β-unsaturated/α-hetero) is 2. The highest BCUT2D eigenvalue weighted by molar-refractivity contribution is 6.35. The molecule has 180 valence electrons. The Bertz CT molecular complexity index is 1530. The molecule has 2 aliphatic heterocycles. The number of benzene rings is 4. The van der Waals surface area contributed by atoms with Gasteiger partial charge in [-0.1, -0.05) is 115 Å². The lowest BCUT2D eigenvalue weighted by molar-refractivity contribution is 0.0460. The molecule has 2 aliphatic carbocycles. The molecule has 8 rings (SSSR count). The fourth-order valence-corrected chi connectivity index (χ4v) is 9.09. The van der Waals surface area contributed by atoms with Gasteiger partial charge in [-0.2, -0.15) is 0 Å². The quantitative estimate of drug-likeness (QED) is 0.339. The molecule has 3 fully saturated rings. The van der Waals surface area contributed by atoms with E-state index in [9.17, 15) is 9.59 Å². The summed E-state index contributed by atoms with van der Waals surface area (Å²) in [6, 6.07) is 39.4. The molecule has 1 spiro atoms. The van der Waals surface area contributed by atoms with Gasteiger partial charge in [0.2, 0.25) is 0 Å². The number of carbonyl (C=O) groups excluding carboxylic acids is 2. The van der Waals surface area contributed by atoms with Gasteiger partial charge < -0.3 is 0 Å². The molecule has 3 nitrogen and oxygen atoms in total. The zero-order valence-corrected chi connectivity index (χ0v) is 20.5. The Kier molecular flexibility index (Phi) is 4.11. The lowest BCUT2D eigenvalue weighted by Gasteiger charge is -2.41. The Balaban J connectivity index is 1.55. The van der Waals surface area contributed by atoms with E-state index in [1.165, 1.54) is 11.1 Å². The molecule has 0 bridgehead atoms. The summed E-state index contributed by atoms with van der Waals surface area (Å²) < 4.78 is 0. The Morgan fingerprint density at radius 1 is 0.622 bits per heavy atom. The summed E-state index contributed by atoms with van der Waals surface area (Å²) in [7, 11) is 0. The number of fused-ring (bicyclic) bond motifs is 6. The van der Waals surface area contributed by atoms with Crippen LogP contribution in [0.1, 0.15) is 56.2 Å². The first-order valence-electron chi connectivity index (χ1n) is 13.3. The predicted octanol–water partition coefficient (Wildman–Crippen LogP) is 5.96. The van der Waals surface area contributed by atoms with E-state index in [1.54, 1.807) is 0 Å². The largest absolute Gasteiger partial charge is 0.291 e. The minimum atomic E-state index is -1.25. The third-order valence-electron chi connectivity index (χ3n) is 9.92. The van der Waals surface area contributed by atoms with Gasteiger partial charge in [0.1, 0.15) is 0 Å². The molecule has 3 heteroatoms. The van der Waals surface area contributed by atoms with E-state index >= 15 is 0 Å². The molecule has 0 N–H and O–H groups in total. The van der Waals surface area contributed by atoms with Gasteiger partial charge in [-0.05, 0) is 36.1 Å². The Labute approximate surface area is 216 Å². The van der Waals surface area contributed by atoms with Crippen LogP contribution in [0, 0.1) is 0 Å². The molecular weight excluding hydrogens is 454 g/mol. The van der Waals surface area contributed by atoms with E-state index < -0.39 is 11.0 Å². The fraction of sp³-hybridized carbons (Fsp3) is 0.235. The van der Waals surface area contributed by atoms with Crippen LogP contribution < -0.4 is 0 Å². The van der Waals surface area contributed by atoms with Crippen LogP contribution in [0.5, 0.6) is 0 Å². The van der Waals surface area contributed by atoms with E-state index in [2.05, 4.69) is 83.8 Å². The van der Waals surface area contributed by atoms with Crippen molar-refractivity contribution in [3.05, 3.63) is 143 Å². The highest BCUT2D eigenvalue weighted by Crippen LogP contribution is 2.87. The third-order valence-corrected chi connectivity index (χ3v) is 9.92. The molecule has 0 unspecified atom stereocenters. The van der Waals surface area contributed by atoms with Crippen molar-refractivity contribution in [1.29, 1.82) is 0 Å². The predicted molar refractivity (Wildman–Crippen MR) is 143 cm³/mol. The first kappa shape index (κ1) is 21.3. The highest BCUT2D eigenvalue weighted by Gasteiger charge is 2.96. The molecule has 2 saturated heterocycles. The molecule has 4 aromatic rings. The van der Waals surface area contributed by atoms with E-state index in [4.69, 9.17) is 0 Å². The number of ketones is 2. The van der Waals surface area contributed by atoms with Crippen molar-refractivity contribution < 1.29 is 9.59 Å². The van der Waals surface area contributed by atoms with Gasteiger partial charge in [-0.25, -0.2) is 0 Å². The second kappa shape index (κ2) is 7.14. The molecule has 4 aliphatic rings. The molecule has 4 atom stereocenters. The smallest absolute Gasteiger partial charge is 0.192 e. The molecular formula is C34H27NO2. The average Bonchev–Trinajstić information content (AvgIpc) is 3.17. The summed E-state index contributed by atoms with van der Waals surface area (Å²) in [4.78, 5) is 32.1. The number of piperidine rings is 1. The highest BCUT2D eigenvalue weighted by atomic mass is 16.2. The Morgan fingerprint density at radius 2 is 1.14 bits per heavy atom. The zero-order valence-electron chi connectivity index (χ0n) is 20.5. The van der Waals surface area contributed by atoms with Crippen LogP contribution in [0.2, 0.25) is 0 Å². The second-order valence-corrected chi connectivity index (χ2v) is 11.0. The molecule has 1 saturated carbocycles. The summed E-state index contributed by atoms with van der Waals surface area (Å²) >= 11 is 0. The summed E-state index contributed by atoms with van der Waals surface area (Å²) in [6.07, 6.45) is 1.97. The maximum absolute atomic E-state index is 14.9. The van der Waals surface area contributed by atoms with Gasteiger partial charge in [0.25, 0.3) is 0 Å². The third kappa shape index (κ3) is 2.13. The van der Waals surface area contributed by atoms with E-state index in [-0.39, 0.29) is 28.9 Å². The lowest BCUT2D eigenvalue weighted by Crippen LogP contribution is -2.62. The van der Waals surface area contributed by atoms with Gasteiger partial charge in [0.05, 0.1) is 0 Å². The van der Waals surface area contributed by atoms with Crippen molar-refractivity contribution in [2.45, 2.75) is 41.2 Å². The number of hydrogen-bond acceptors (Lipinski definition) is 3. The number of hydrogen-bond donors (Lipinski definition) is 0. The van der Waals surface area contributed by atoms with Gasteiger partial charge >= 0.3 is 0 Å². The van der Waals surface area contributed by atoms with Crippen molar-refractivity contribution in [3.63, 3.8) is 0 Å². The van der Waals surface area contributed by atoms with Crippen molar-refractivity contribution in [2.24, 2.45) is 0 Å². The standard InChI is InChI=1S/C34H27NO2/c36-30-26-19-10-11-20-27(26)31(37)34(30)33(25-17-8-3-9-18-25)29(23-13-4-1-5-14-23)32(33,24-15-6-2-7-16-24)28-21-12-22-35(28)34/h1-11,13-20,28-29H,12,21-22H2/t28-,29-,32-,33+/m0/s1. The molecule has 37 heavy (non-hydrogen) atoms. The van der Waals surface area contributed by atoms with E-state index in [0.717, 1.165) is 24.9 Å². The van der Waals surface area contributed by atoms with Crippen LogP contribution in [0.25, 0.3) is 0 Å². The SMILES string of the molecule is O=C1c2ccccc2C(=O)C12N1CCC[C@H]1[C@@]1(c3ccccc3)[C@H](c3ccccc3)[C@@]21c1ccccc1. The van der Waals surface area contributed by atoms with E-state index in [0.29, 0.717) is 11.1 Å². The summed E-state index contributed by atoms with van der Waals surface area (Å²) in [5, 5.41) is 0. The fourth-order valence-electron chi connectivity index (χ4n) is 9.09. The molecule has 0 aromatic heterocycles. The molecule has 4 aromatic carbocycles. The van der Waals surface area contributed by atoms with Crippen molar-refractivity contribution in [1.82, 2.24) is 4.90 Å². The van der Waals surface area contributed by atoms with Crippen molar-refractivity contribution in [3.8, 4) is 0 Å². The first-order chi connectivity index (χ1) is 18.2. The summed E-state index contributed by atoms with van der Waals surface area (Å²) in [6.45, 7) is 0.765. The van der Waals surface area contributed by atoms with Crippen LogP contribution in [0.15, 0.2) is 115 Å². The second-order valence-electron chi connectivity index (χ2n) is 11.0. The van der Waals surface area contributed by atoms with Crippen molar-refractivity contribution in [2.75, 3.05) is 6.54 Å². The Hall–Kier alpha value is -3.82. The van der Waals surface area contributed by atoms with Crippen LogP contribution in [0.4, 0.5) is 0 Å². The Morgan fingerprint density at radius 3 is 1.73 bits per heavy atom. The number of rotatable bonds is 3.